The molecule has 0 saturated carbocycles. The summed E-state index contributed by atoms with van der Waals surface area (Å²) in [5, 5.41) is 31.6. The van der Waals surface area contributed by atoms with Gasteiger partial charge in [-0.25, -0.2) is 0 Å². The van der Waals surface area contributed by atoms with Gasteiger partial charge in [0.1, 0.15) is 22.8 Å². The first-order valence-electron chi connectivity index (χ1n) is 10.3. The van der Waals surface area contributed by atoms with E-state index in [0.717, 1.165) is 5.56 Å². The SMILES string of the molecule is CCNC(=O)c1noc(-c2cc(C(C)C)c(O)cc2O)c1-c1cc(-c2ccccc2)no1. The second-order valence-corrected chi connectivity index (χ2v) is 7.62. The maximum atomic E-state index is 12.7. The first-order chi connectivity index (χ1) is 15.4. The molecule has 0 aliphatic carbocycles. The number of benzene rings is 2. The zero-order chi connectivity index (χ0) is 22.8. The number of hydrogen-bond donors (Lipinski definition) is 3. The number of aromatic hydroxyl groups is 2. The van der Waals surface area contributed by atoms with Gasteiger partial charge in [0.2, 0.25) is 0 Å². The Morgan fingerprint density at radius 2 is 1.78 bits per heavy atom. The molecule has 2 heterocycles. The Morgan fingerprint density at radius 1 is 1.03 bits per heavy atom. The summed E-state index contributed by atoms with van der Waals surface area (Å²) in [4.78, 5) is 12.7. The van der Waals surface area contributed by atoms with Crippen molar-refractivity contribution in [3.05, 3.63) is 59.8 Å². The third-order valence-corrected chi connectivity index (χ3v) is 5.08. The first-order valence-corrected chi connectivity index (χ1v) is 10.3. The zero-order valence-corrected chi connectivity index (χ0v) is 17.9. The van der Waals surface area contributed by atoms with Crippen LogP contribution in [0.3, 0.4) is 0 Å². The van der Waals surface area contributed by atoms with Gasteiger partial charge in [-0.15, -0.1) is 0 Å². The summed E-state index contributed by atoms with van der Waals surface area (Å²) in [6.07, 6.45) is 0. The molecule has 0 radical (unpaired) electrons. The Hall–Kier alpha value is -4.07. The minimum absolute atomic E-state index is 0.0104. The second kappa shape index (κ2) is 8.58. The van der Waals surface area contributed by atoms with E-state index in [2.05, 4.69) is 15.6 Å². The van der Waals surface area contributed by atoms with Crippen LogP contribution in [0.1, 0.15) is 42.7 Å². The van der Waals surface area contributed by atoms with Crippen molar-refractivity contribution < 1.29 is 24.1 Å². The Bertz CT molecular complexity index is 1260. The molecule has 0 unspecified atom stereocenters. The van der Waals surface area contributed by atoms with Gasteiger partial charge >= 0.3 is 0 Å². The van der Waals surface area contributed by atoms with Crippen molar-refractivity contribution in [2.75, 3.05) is 6.54 Å². The quantitative estimate of drug-likeness (QED) is 0.393. The lowest BCUT2D eigenvalue weighted by atomic mass is 9.95. The van der Waals surface area contributed by atoms with E-state index < -0.39 is 5.91 Å². The molecular weight excluding hydrogens is 410 g/mol. The molecule has 8 nitrogen and oxygen atoms in total. The monoisotopic (exact) mass is 433 g/mol. The van der Waals surface area contributed by atoms with E-state index >= 15 is 0 Å². The third-order valence-electron chi connectivity index (χ3n) is 5.08. The number of phenols is 2. The molecule has 0 atom stereocenters. The van der Waals surface area contributed by atoms with Gasteiger partial charge in [0.05, 0.1) is 5.56 Å². The van der Waals surface area contributed by atoms with Crippen LogP contribution in [0.25, 0.3) is 33.9 Å². The number of phenolic OH excluding ortho intramolecular Hbond substituents is 2. The summed E-state index contributed by atoms with van der Waals surface area (Å²) in [6.45, 7) is 6.02. The van der Waals surface area contributed by atoms with Crippen molar-refractivity contribution in [1.82, 2.24) is 15.6 Å². The molecule has 3 N–H and O–H groups in total. The molecule has 4 rings (SSSR count). The molecule has 1 amide bonds. The highest BCUT2D eigenvalue weighted by molar-refractivity contribution is 6.02. The van der Waals surface area contributed by atoms with E-state index in [4.69, 9.17) is 9.05 Å². The summed E-state index contributed by atoms with van der Waals surface area (Å²) in [5.41, 5.74) is 2.59. The Balaban J connectivity index is 1.91. The van der Waals surface area contributed by atoms with Crippen molar-refractivity contribution >= 4 is 5.91 Å². The number of rotatable bonds is 6. The van der Waals surface area contributed by atoms with Crippen LogP contribution < -0.4 is 5.32 Å². The Morgan fingerprint density at radius 3 is 2.47 bits per heavy atom. The van der Waals surface area contributed by atoms with Crippen LogP contribution in [-0.4, -0.2) is 33.0 Å². The molecule has 0 aliphatic rings. The van der Waals surface area contributed by atoms with Gasteiger partial charge in [-0.2, -0.15) is 0 Å². The fourth-order valence-electron chi connectivity index (χ4n) is 3.48. The topological polar surface area (TPSA) is 122 Å². The number of aromatic nitrogens is 2. The van der Waals surface area contributed by atoms with Gasteiger partial charge in [-0.1, -0.05) is 54.5 Å². The van der Waals surface area contributed by atoms with E-state index in [9.17, 15) is 15.0 Å². The molecule has 8 heteroatoms. The zero-order valence-electron chi connectivity index (χ0n) is 17.9. The molecule has 2 aromatic heterocycles. The van der Waals surface area contributed by atoms with E-state index in [-0.39, 0.29) is 45.8 Å². The fourth-order valence-corrected chi connectivity index (χ4v) is 3.48. The van der Waals surface area contributed by atoms with Crippen LogP contribution >= 0.6 is 0 Å². The average Bonchev–Trinajstić information content (AvgIpc) is 3.41. The summed E-state index contributed by atoms with van der Waals surface area (Å²) < 4.78 is 11.1. The van der Waals surface area contributed by atoms with Gasteiger partial charge in [0.25, 0.3) is 5.91 Å². The lowest BCUT2D eigenvalue weighted by Gasteiger charge is -2.11. The number of carbonyl (C=O) groups excluding carboxylic acids is 1. The molecule has 0 saturated heterocycles. The van der Waals surface area contributed by atoms with Crippen molar-refractivity contribution in [2.45, 2.75) is 26.7 Å². The maximum absolute atomic E-state index is 12.7. The smallest absolute Gasteiger partial charge is 0.274 e. The highest BCUT2D eigenvalue weighted by Crippen LogP contribution is 2.43. The molecule has 0 bridgehead atoms. The van der Waals surface area contributed by atoms with Crippen molar-refractivity contribution in [3.8, 4) is 45.4 Å². The van der Waals surface area contributed by atoms with Crippen molar-refractivity contribution in [3.63, 3.8) is 0 Å². The Kier molecular flexibility index (Phi) is 5.68. The minimum Gasteiger partial charge on any atom is -0.508 e. The van der Waals surface area contributed by atoms with Crippen LogP contribution in [0, 0.1) is 0 Å². The largest absolute Gasteiger partial charge is 0.508 e. The predicted molar refractivity (Wildman–Crippen MR) is 118 cm³/mol. The van der Waals surface area contributed by atoms with Crippen LogP contribution in [0.15, 0.2) is 57.6 Å². The third kappa shape index (κ3) is 3.82. The highest BCUT2D eigenvalue weighted by Gasteiger charge is 2.29. The maximum Gasteiger partial charge on any atom is 0.274 e. The highest BCUT2D eigenvalue weighted by atomic mass is 16.5. The van der Waals surface area contributed by atoms with E-state index in [1.54, 1.807) is 19.1 Å². The second-order valence-electron chi connectivity index (χ2n) is 7.62. The van der Waals surface area contributed by atoms with Crippen LogP contribution in [0.2, 0.25) is 0 Å². The molecule has 4 aromatic rings. The van der Waals surface area contributed by atoms with Gasteiger partial charge in [0, 0.05) is 24.2 Å². The number of amides is 1. The van der Waals surface area contributed by atoms with Gasteiger partial charge in [0.15, 0.2) is 17.2 Å². The molecule has 164 valence electrons. The minimum atomic E-state index is -0.447. The normalized spacial score (nSPS) is 11.1. The molecule has 0 spiro atoms. The van der Waals surface area contributed by atoms with E-state index in [1.165, 1.54) is 6.07 Å². The van der Waals surface area contributed by atoms with Crippen LogP contribution in [0.5, 0.6) is 11.5 Å². The number of nitrogens with zero attached hydrogens (tertiary/aromatic N) is 2. The summed E-state index contributed by atoms with van der Waals surface area (Å²) in [6, 6.07) is 14.0. The molecular formula is C24H23N3O5. The summed E-state index contributed by atoms with van der Waals surface area (Å²) in [5.74, 6) is -0.302. The van der Waals surface area contributed by atoms with Crippen molar-refractivity contribution in [1.29, 1.82) is 0 Å². The standard InChI is InChI=1S/C24H23N3O5/c1-4-25-24(30)22-21(20-11-17(26-31-20)14-8-6-5-7-9-14)23(32-27-22)16-10-15(13(2)3)18(28)12-19(16)29/h5-13,28-29H,4H2,1-3H3,(H,25,30). The van der Waals surface area contributed by atoms with Gasteiger partial charge < -0.3 is 24.6 Å². The van der Waals surface area contributed by atoms with E-state index in [0.29, 0.717) is 17.8 Å². The molecule has 0 fully saturated rings. The number of hydrogen-bond acceptors (Lipinski definition) is 7. The molecule has 32 heavy (non-hydrogen) atoms. The number of nitrogens with one attached hydrogen (secondary N) is 1. The first kappa shape index (κ1) is 21.2. The van der Waals surface area contributed by atoms with Crippen molar-refractivity contribution in [2.24, 2.45) is 0 Å². The van der Waals surface area contributed by atoms with Gasteiger partial charge in [-0.05, 0) is 24.5 Å². The van der Waals surface area contributed by atoms with Gasteiger partial charge in [-0.3, -0.25) is 4.79 Å². The Labute approximate surface area is 184 Å². The summed E-state index contributed by atoms with van der Waals surface area (Å²) >= 11 is 0. The van der Waals surface area contributed by atoms with Crippen LogP contribution in [-0.2, 0) is 0 Å². The predicted octanol–water partition coefficient (Wildman–Crippen LogP) is 4.95. The molecule has 2 aromatic carbocycles. The fraction of sp³-hybridized carbons (Fsp3) is 0.208. The van der Waals surface area contributed by atoms with E-state index in [1.807, 2.05) is 44.2 Å². The number of carbonyl (C=O) groups is 1. The lowest BCUT2D eigenvalue weighted by molar-refractivity contribution is 0.0947. The van der Waals surface area contributed by atoms with Crippen LogP contribution in [0.4, 0.5) is 0 Å². The average molecular weight is 433 g/mol. The summed E-state index contributed by atoms with van der Waals surface area (Å²) in [7, 11) is 0. The molecule has 0 aliphatic heterocycles. The lowest BCUT2D eigenvalue weighted by Crippen LogP contribution is -2.23.